The normalized spacial score (nSPS) is 11.7. The van der Waals surface area contributed by atoms with Gasteiger partial charge in [0.2, 0.25) is 0 Å². The minimum Gasteiger partial charge on any atom is -0.384 e. The van der Waals surface area contributed by atoms with Crippen LogP contribution in [0.15, 0.2) is 12.2 Å². The highest BCUT2D eigenvalue weighted by Crippen LogP contribution is 2.07. The van der Waals surface area contributed by atoms with E-state index in [0.717, 1.165) is 24.7 Å². The summed E-state index contributed by atoms with van der Waals surface area (Å²) in [6.45, 7) is 12.3. The van der Waals surface area contributed by atoms with Crippen LogP contribution in [0, 0.1) is 0 Å². The summed E-state index contributed by atoms with van der Waals surface area (Å²) in [7, 11) is 1.73. The number of rotatable bonds is 7. The molecule has 84 valence electrons. The van der Waals surface area contributed by atoms with Gasteiger partial charge in [0.25, 0.3) is 0 Å². The lowest BCUT2D eigenvalue weighted by Gasteiger charge is -2.21. The number of thioether (sulfide) groups is 1. The highest BCUT2D eigenvalue weighted by molar-refractivity contribution is 7.99. The third-order valence-electron chi connectivity index (χ3n) is 1.61. The second-order valence-corrected chi connectivity index (χ2v) is 5.50. The molecule has 0 saturated heterocycles. The lowest BCUT2D eigenvalue weighted by Crippen LogP contribution is -2.37. The van der Waals surface area contributed by atoms with Crippen molar-refractivity contribution in [2.75, 3.05) is 31.8 Å². The van der Waals surface area contributed by atoms with Crippen LogP contribution in [-0.2, 0) is 4.74 Å². The third-order valence-corrected chi connectivity index (χ3v) is 2.67. The molecule has 0 spiro atoms. The largest absolute Gasteiger partial charge is 0.384 e. The Kier molecular flexibility index (Phi) is 7.33. The first kappa shape index (κ1) is 14.0. The first-order valence-electron chi connectivity index (χ1n) is 4.94. The van der Waals surface area contributed by atoms with Crippen LogP contribution in [-0.4, -0.2) is 37.3 Å². The van der Waals surface area contributed by atoms with Crippen molar-refractivity contribution in [2.24, 2.45) is 0 Å². The van der Waals surface area contributed by atoms with Crippen LogP contribution in [0.3, 0.4) is 0 Å². The average molecular weight is 217 g/mol. The van der Waals surface area contributed by atoms with E-state index in [0.29, 0.717) is 0 Å². The minimum atomic E-state index is 0.181. The van der Waals surface area contributed by atoms with E-state index in [4.69, 9.17) is 4.74 Å². The summed E-state index contributed by atoms with van der Waals surface area (Å²) in [5.74, 6) is 2.07. The van der Waals surface area contributed by atoms with Crippen molar-refractivity contribution in [3.05, 3.63) is 12.2 Å². The number of hydrogen-bond donors (Lipinski definition) is 1. The molecular formula is C11H23NOS. The van der Waals surface area contributed by atoms with Gasteiger partial charge in [0.1, 0.15) is 0 Å². The number of methoxy groups -OCH3 is 1. The molecule has 3 heteroatoms. The minimum absolute atomic E-state index is 0.181. The Morgan fingerprint density at radius 2 is 2.07 bits per heavy atom. The predicted molar refractivity (Wildman–Crippen MR) is 66.1 cm³/mol. The number of hydrogen-bond acceptors (Lipinski definition) is 3. The van der Waals surface area contributed by atoms with Crippen LogP contribution < -0.4 is 5.32 Å². The van der Waals surface area contributed by atoms with Crippen molar-refractivity contribution in [2.45, 2.75) is 26.3 Å². The summed E-state index contributed by atoms with van der Waals surface area (Å²) >= 11 is 1.87. The Hall–Kier alpha value is 0.01000. The van der Waals surface area contributed by atoms with Gasteiger partial charge in [0.15, 0.2) is 0 Å². The first-order chi connectivity index (χ1) is 6.45. The van der Waals surface area contributed by atoms with Gasteiger partial charge in [0, 0.05) is 30.7 Å². The molecule has 0 aliphatic carbocycles. The molecule has 0 aromatic carbocycles. The zero-order valence-corrected chi connectivity index (χ0v) is 10.7. The van der Waals surface area contributed by atoms with Crippen molar-refractivity contribution in [3.8, 4) is 0 Å². The molecule has 0 heterocycles. The maximum Gasteiger partial charge on any atom is 0.0553 e. The van der Waals surface area contributed by atoms with Crippen molar-refractivity contribution < 1.29 is 4.74 Å². The van der Waals surface area contributed by atoms with E-state index in [9.17, 15) is 0 Å². The van der Waals surface area contributed by atoms with Crippen molar-refractivity contribution in [3.63, 3.8) is 0 Å². The Labute approximate surface area is 92.5 Å². The van der Waals surface area contributed by atoms with Gasteiger partial charge in [0.05, 0.1) is 6.61 Å². The summed E-state index contributed by atoms with van der Waals surface area (Å²) < 4.78 is 4.97. The maximum atomic E-state index is 4.97. The fraction of sp³-hybridized carbons (Fsp3) is 0.818. The maximum absolute atomic E-state index is 4.97. The fourth-order valence-corrected chi connectivity index (χ4v) is 1.62. The summed E-state index contributed by atoms with van der Waals surface area (Å²) in [5, 5.41) is 3.42. The molecule has 0 fully saturated rings. The molecule has 14 heavy (non-hydrogen) atoms. The van der Waals surface area contributed by atoms with Gasteiger partial charge in [-0.2, -0.15) is 11.8 Å². The third kappa shape index (κ3) is 10.1. The lowest BCUT2D eigenvalue weighted by atomic mass is 10.1. The molecule has 0 aliphatic heterocycles. The monoisotopic (exact) mass is 217 g/mol. The van der Waals surface area contributed by atoms with Gasteiger partial charge in [-0.15, -0.1) is 0 Å². The molecule has 0 aliphatic rings. The van der Waals surface area contributed by atoms with Crippen molar-refractivity contribution >= 4 is 11.8 Å². The van der Waals surface area contributed by atoms with Crippen molar-refractivity contribution in [1.82, 2.24) is 5.32 Å². The lowest BCUT2D eigenvalue weighted by molar-refractivity contribution is 0.218. The second kappa shape index (κ2) is 7.32. The van der Waals surface area contributed by atoms with E-state index in [1.165, 1.54) is 5.57 Å². The quantitative estimate of drug-likeness (QED) is 0.522. The summed E-state index contributed by atoms with van der Waals surface area (Å²) in [6.07, 6.45) is 0. The summed E-state index contributed by atoms with van der Waals surface area (Å²) in [6, 6.07) is 0. The number of nitrogens with one attached hydrogen (secondary N) is 1. The fourth-order valence-electron chi connectivity index (χ4n) is 0.800. The highest BCUT2D eigenvalue weighted by atomic mass is 32.2. The van der Waals surface area contributed by atoms with Gasteiger partial charge in [-0.3, -0.25) is 0 Å². The standard InChI is InChI=1S/C11H23NOS/c1-10(8-12-11(2,3)4)9-14-7-6-13-5/h12H,1,6-9H2,2-5H3. The summed E-state index contributed by atoms with van der Waals surface area (Å²) in [5.41, 5.74) is 1.43. The van der Waals surface area contributed by atoms with Crippen molar-refractivity contribution in [1.29, 1.82) is 0 Å². The molecule has 0 rings (SSSR count). The zero-order valence-electron chi connectivity index (χ0n) is 9.85. The molecule has 0 amide bonds. The molecule has 0 bridgehead atoms. The second-order valence-electron chi connectivity index (χ2n) is 4.40. The van der Waals surface area contributed by atoms with Crippen LogP contribution in [0.2, 0.25) is 0 Å². The molecular weight excluding hydrogens is 194 g/mol. The first-order valence-corrected chi connectivity index (χ1v) is 6.09. The number of ether oxygens (including phenoxy) is 1. The van der Waals surface area contributed by atoms with Crippen LogP contribution >= 0.6 is 11.8 Å². The van der Waals surface area contributed by atoms with E-state index < -0.39 is 0 Å². The molecule has 0 atom stereocenters. The predicted octanol–water partition coefficient (Wildman–Crippen LogP) is 2.31. The van der Waals surface area contributed by atoms with Gasteiger partial charge in [-0.05, 0) is 20.8 Å². The van der Waals surface area contributed by atoms with Crippen LogP contribution in [0.1, 0.15) is 20.8 Å². The Morgan fingerprint density at radius 1 is 1.43 bits per heavy atom. The van der Waals surface area contributed by atoms with Crippen LogP contribution in [0.4, 0.5) is 0 Å². The Balaban J connectivity index is 3.38. The smallest absolute Gasteiger partial charge is 0.0553 e. The topological polar surface area (TPSA) is 21.3 Å². The van der Waals surface area contributed by atoms with Gasteiger partial charge in [-0.1, -0.05) is 12.2 Å². The highest BCUT2D eigenvalue weighted by Gasteiger charge is 2.08. The van der Waals surface area contributed by atoms with E-state index in [1.54, 1.807) is 7.11 Å². The van der Waals surface area contributed by atoms with E-state index in [-0.39, 0.29) is 5.54 Å². The molecule has 0 aromatic rings. The van der Waals surface area contributed by atoms with Gasteiger partial charge < -0.3 is 10.1 Å². The van der Waals surface area contributed by atoms with Gasteiger partial charge in [-0.25, -0.2) is 0 Å². The molecule has 1 N–H and O–H groups in total. The Bertz CT molecular complexity index is 163. The summed E-state index contributed by atoms with van der Waals surface area (Å²) in [4.78, 5) is 0. The van der Waals surface area contributed by atoms with Gasteiger partial charge >= 0.3 is 0 Å². The SMILES string of the molecule is C=C(CNC(C)(C)C)CSCCOC. The molecule has 0 saturated carbocycles. The van der Waals surface area contributed by atoms with E-state index in [1.807, 2.05) is 11.8 Å². The molecule has 0 radical (unpaired) electrons. The molecule has 0 aromatic heterocycles. The molecule has 0 unspecified atom stereocenters. The average Bonchev–Trinajstić information content (AvgIpc) is 2.08. The van der Waals surface area contributed by atoms with Crippen LogP contribution in [0.25, 0.3) is 0 Å². The van der Waals surface area contributed by atoms with Crippen LogP contribution in [0.5, 0.6) is 0 Å². The van der Waals surface area contributed by atoms with E-state index >= 15 is 0 Å². The zero-order chi connectivity index (χ0) is 11.0. The van der Waals surface area contributed by atoms with E-state index in [2.05, 4.69) is 32.7 Å². The molecule has 2 nitrogen and oxygen atoms in total. The Morgan fingerprint density at radius 3 is 2.57 bits per heavy atom.